The highest BCUT2D eigenvalue weighted by molar-refractivity contribution is 5.74. The molecule has 88 valence electrons. The van der Waals surface area contributed by atoms with Crippen LogP contribution in [0.5, 0.6) is 0 Å². The average molecular weight is 226 g/mol. The summed E-state index contributed by atoms with van der Waals surface area (Å²) in [6.07, 6.45) is -0.585. The smallest absolute Gasteiger partial charge is 0.335 e. The summed E-state index contributed by atoms with van der Waals surface area (Å²) in [7, 11) is 0. The van der Waals surface area contributed by atoms with Crippen molar-refractivity contribution >= 4 is 5.97 Å². The first-order chi connectivity index (χ1) is 7.63. The number of ether oxygens (including phenoxy) is 2. The van der Waals surface area contributed by atoms with Gasteiger partial charge < -0.3 is 9.47 Å². The molecule has 0 aromatic heterocycles. The molecule has 16 heavy (non-hydrogen) atoms. The van der Waals surface area contributed by atoms with Crippen molar-refractivity contribution in [1.82, 2.24) is 0 Å². The second-order valence-corrected chi connectivity index (χ2v) is 3.34. The van der Waals surface area contributed by atoms with E-state index in [4.69, 9.17) is 9.47 Å². The van der Waals surface area contributed by atoms with Crippen LogP contribution < -0.4 is 0 Å². The number of hydrogen-bond acceptors (Lipinski definition) is 3. The second kappa shape index (κ2) is 6.23. The summed E-state index contributed by atoms with van der Waals surface area (Å²) in [6.45, 7) is 3.94. The Bertz CT molecular complexity index is 352. The molecule has 0 aliphatic rings. The van der Waals surface area contributed by atoms with Gasteiger partial charge in [-0.3, -0.25) is 0 Å². The van der Waals surface area contributed by atoms with Crippen LogP contribution in [0.1, 0.15) is 19.4 Å². The molecule has 1 aromatic rings. The average Bonchev–Trinajstić information content (AvgIpc) is 2.26. The van der Waals surface area contributed by atoms with Crippen molar-refractivity contribution in [3.05, 3.63) is 35.6 Å². The standard InChI is InChI=1S/C12H15FO3/c1-3-15-9(2)12(14)16-8-10-5-4-6-11(13)7-10/h4-7,9H,3,8H2,1-2H3. The van der Waals surface area contributed by atoms with E-state index in [1.807, 2.05) is 0 Å². The lowest BCUT2D eigenvalue weighted by Gasteiger charge is -2.11. The number of halogens is 1. The fourth-order valence-electron chi connectivity index (χ4n) is 1.22. The number of carbonyl (C=O) groups excluding carboxylic acids is 1. The van der Waals surface area contributed by atoms with Gasteiger partial charge >= 0.3 is 5.97 Å². The van der Waals surface area contributed by atoms with Gasteiger partial charge in [-0.15, -0.1) is 0 Å². The number of benzene rings is 1. The third-order valence-electron chi connectivity index (χ3n) is 2.02. The van der Waals surface area contributed by atoms with E-state index in [2.05, 4.69) is 0 Å². The van der Waals surface area contributed by atoms with E-state index >= 15 is 0 Å². The van der Waals surface area contributed by atoms with Gasteiger partial charge in [0.2, 0.25) is 0 Å². The lowest BCUT2D eigenvalue weighted by Crippen LogP contribution is -2.23. The van der Waals surface area contributed by atoms with Crippen LogP contribution in [-0.4, -0.2) is 18.7 Å². The summed E-state index contributed by atoms with van der Waals surface area (Å²) in [5, 5.41) is 0. The molecule has 0 N–H and O–H groups in total. The van der Waals surface area contributed by atoms with Gasteiger partial charge in [0, 0.05) is 6.61 Å². The largest absolute Gasteiger partial charge is 0.459 e. The van der Waals surface area contributed by atoms with Gasteiger partial charge in [-0.2, -0.15) is 0 Å². The molecule has 0 heterocycles. The van der Waals surface area contributed by atoms with E-state index in [1.165, 1.54) is 12.1 Å². The van der Waals surface area contributed by atoms with Crippen LogP contribution in [0.2, 0.25) is 0 Å². The molecule has 0 aliphatic heterocycles. The summed E-state index contributed by atoms with van der Waals surface area (Å²) < 4.78 is 22.8. The zero-order valence-corrected chi connectivity index (χ0v) is 9.40. The Labute approximate surface area is 94.2 Å². The lowest BCUT2D eigenvalue weighted by molar-refractivity contribution is -0.157. The van der Waals surface area contributed by atoms with Crippen LogP contribution in [0.15, 0.2) is 24.3 Å². The van der Waals surface area contributed by atoms with Gasteiger partial charge in [-0.1, -0.05) is 12.1 Å². The van der Waals surface area contributed by atoms with Crippen LogP contribution in [0, 0.1) is 5.82 Å². The molecule has 0 bridgehead atoms. The molecule has 4 heteroatoms. The quantitative estimate of drug-likeness (QED) is 0.723. The summed E-state index contributed by atoms with van der Waals surface area (Å²) in [5.74, 6) is -0.780. The number of hydrogen-bond donors (Lipinski definition) is 0. The van der Waals surface area contributed by atoms with Gasteiger partial charge in [0.25, 0.3) is 0 Å². The molecular weight excluding hydrogens is 211 g/mol. The number of carbonyl (C=O) groups is 1. The topological polar surface area (TPSA) is 35.5 Å². The first-order valence-corrected chi connectivity index (χ1v) is 5.16. The molecule has 0 radical (unpaired) electrons. The Morgan fingerprint density at radius 3 is 2.88 bits per heavy atom. The van der Waals surface area contributed by atoms with Crippen molar-refractivity contribution in [2.75, 3.05) is 6.61 Å². The highest BCUT2D eigenvalue weighted by Gasteiger charge is 2.13. The fourth-order valence-corrected chi connectivity index (χ4v) is 1.22. The van der Waals surface area contributed by atoms with Crippen LogP contribution in [0.25, 0.3) is 0 Å². The first-order valence-electron chi connectivity index (χ1n) is 5.16. The van der Waals surface area contributed by atoms with Gasteiger partial charge in [0.1, 0.15) is 12.4 Å². The van der Waals surface area contributed by atoms with Crippen LogP contribution >= 0.6 is 0 Å². The molecule has 0 saturated heterocycles. The maximum absolute atomic E-state index is 12.8. The Balaban J connectivity index is 2.42. The predicted molar refractivity (Wildman–Crippen MR) is 57.3 cm³/mol. The lowest BCUT2D eigenvalue weighted by atomic mass is 10.2. The molecular formula is C12H15FO3. The van der Waals surface area contributed by atoms with Gasteiger partial charge in [0.05, 0.1) is 0 Å². The SMILES string of the molecule is CCOC(C)C(=O)OCc1cccc(F)c1. The van der Waals surface area contributed by atoms with Gasteiger partial charge in [0.15, 0.2) is 6.10 Å². The van der Waals surface area contributed by atoms with Crippen molar-refractivity contribution in [2.24, 2.45) is 0 Å². The molecule has 0 aliphatic carbocycles. The minimum atomic E-state index is -0.585. The maximum Gasteiger partial charge on any atom is 0.335 e. The Morgan fingerprint density at radius 1 is 1.50 bits per heavy atom. The Morgan fingerprint density at radius 2 is 2.25 bits per heavy atom. The van der Waals surface area contributed by atoms with E-state index < -0.39 is 12.1 Å². The minimum Gasteiger partial charge on any atom is -0.459 e. The summed E-state index contributed by atoms with van der Waals surface area (Å²) >= 11 is 0. The molecule has 1 atom stereocenters. The summed E-state index contributed by atoms with van der Waals surface area (Å²) in [6, 6.07) is 5.94. The monoisotopic (exact) mass is 226 g/mol. The number of esters is 1. The van der Waals surface area contributed by atoms with E-state index in [1.54, 1.807) is 26.0 Å². The van der Waals surface area contributed by atoms with E-state index in [0.29, 0.717) is 12.2 Å². The van der Waals surface area contributed by atoms with Crippen molar-refractivity contribution < 1.29 is 18.7 Å². The van der Waals surface area contributed by atoms with E-state index in [0.717, 1.165) is 0 Å². The van der Waals surface area contributed by atoms with Crippen molar-refractivity contribution in [3.63, 3.8) is 0 Å². The molecule has 1 rings (SSSR count). The first kappa shape index (κ1) is 12.6. The molecule has 1 unspecified atom stereocenters. The molecule has 0 saturated carbocycles. The molecule has 0 amide bonds. The van der Waals surface area contributed by atoms with E-state index in [-0.39, 0.29) is 12.4 Å². The zero-order valence-electron chi connectivity index (χ0n) is 9.40. The number of rotatable bonds is 5. The summed E-state index contributed by atoms with van der Waals surface area (Å²) in [5.41, 5.74) is 0.622. The molecule has 0 fully saturated rings. The Kier molecular flexibility index (Phi) is 4.92. The minimum absolute atomic E-state index is 0.0635. The zero-order chi connectivity index (χ0) is 12.0. The van der Waals surface area contributed by atoms with Crippen LogP contribution in [0.4, 0.5) is 4.39 Å². The highest BCUT2D eigenvalue weighted by atomic mass is 19.1. The summed E-state index contributed by atoms with van der Waals surface area (Å²) in [4.78, 5) is 11.4. The third kappa shape index (κ3) is 3.98. The van der Waals surface area contributed by atoms with Gasteiger partial charge in [-0.05, 0) is 31.5 Å². The predicted octanol–water partition coefficient (Wildman–Crippen LogP) is 2.29. The molecule has 0 spiro atoms. The van der Waals surface area contributed by atoms with Gasteiger partial charge in [-0.25, -0.2) is 9.18 Å². The van der Waals surface area contributed by atoms with Crippen LogP contribution in [0.3, 0.4) is 0 Å². The Hall–Kier alpha value is -1.42. The molecule has 3 nitrogen and oxygen atoms in total. The van der Waals surface area contributed by atoms with E-state index in [9.17, 15) is 9.18 Å². The van der Waals surface area contributed by atoms with Crippen LogP contribution in [-0.2, 0) is 20.9 Å². The van der Waals surface area contributed by atoms with Crippen molar-refractivity contribution in [3.8, 4) is 0 Å². The van der Waals surface area contributed by atoms with Crippen molar-refractivity contribution in [2.45, 2.75) is 26.6 Å². The normalized spacial score (nSPS) is 12.2. The second-order valence-electron chi connectivity index (χ2n) is 3.34. The highest BCUT2D eigenvalue weighted by Crippen LogP contribution is 2.06. The fraction of sp³-hybridized carbons (Fsp3) is 0.417. The third-order valence-corrected chi connectivity index (χ3v) is 2.02. The maximum atomic E-state index is 12.8. The van der Waals surface area contributed by atoms with Crippen molar-refractivity contribution in [1.29, 1.82) is 0 Å². The molecule has 1 aromatic carbocycles.